The second-order valence-corrected chi connectivity index (χ2v) is 4.27. The average molecular weight is 287 g/mol. The highest BCUT2D eigenvalue weighted by molar-refractivity contribution is 6.30. The third kappa shape index (κ3) is 4.61. The van der Waals surface area contributed by atoms with E-state index in [0.717, 1.165) is 12.1 Å². The van der Waals surface area contributed by atoms with Crippen molar-refractivity contribution in [1.29, 1.82) is 0 Å². The molecule has 0 aliphatic rings. The summed E-state index contributed by atoms with van der Waals surface area (Å²) in [6, 6.07) is 3.46. The van der Waals surface area contributed by atoms with Gasteiger partial charge in [-0.05, 0) is 12.6 Å². The summed E-state index contributed by atoms with van der Waals surface area (Å²) in [5, 5.41) is 6.26. The van der Waals surface area contributed by atoms with Crippen LogP contribution in [0.3, 0.4) is 0 Å². The van der Waals surface area contributed by atoms with Crippen molar-refractivity contribution in [2.75, 3.05) is 27.3 Å². The number of methoxy groups -OCH3 is 1. The number of likely N-dealkylation sites (N-methyl/N-ethyl adjacent to an activating group) is 1. The fourth-order valence-corrected chi connectivity index (χ4v) is 1.77. The fourth-order valence-electron chi connectivity index (χ4n) is 1.54. The van der Waals surface area contributed by atoms with Crippen LogP contribution in [-0.4, -0.2) is 33.2 Å². The standard InChI is InChI=1S/C13H19ClN2O3/c1-4-16-7-9-5-10(14)6-11(18-3)13(9)19-8-12(17)15-2/h5-6,16H,4,7-8H2,1-3H3,(H,15,17). The molecule has 1 aromatic carbocycles. The zero-order valence-electron chi connectivity index (χ0n) is 11.4. The Morgan fingerprint density at radius 3 is 2.74 bits per heavy atom. The van der Waals surface area contributed by atoms with Gasteiger partial charge in [0.15, 0.2) is 18.1 Å². The molecule has 0 heterocycles. The molecule has 1 rings (SSSR count). The van der Waals surface area contributed by atoms with Crippen molar-refractivity contribution < 1.29 is 14.3 Å². The van der Waals surface area contributed by atoms with Gasteiger partial charge >= 0.3 is 0 Å². The number of ether oxygens (including phenoxy) is 2. The van der Waals surface area contributed by atoms with Crippen LogP contribution in [0.25, 0.3) is 0 Å². The summed E-state index contributed by atoms with van der Waals surface area (Å²) in [5.74, 6) is 0.854. The van der Waals surface area contributed by atoms with Crippen molar-refractivity contribution in [3.63, 3.8) is 0 Å². The largest absolute Gasteiger partial charge is 0.493 e. The normalized spacial score (nSPS) is 10.1. The van der Waals surface area contributed by atoms with Crippen LogP contribution in [-0.2, 0) is 11.3 Å². The summed E-state index contributed by atoms with van der Waals surface area (Å²) < 4.78 is 10.8. The topological polar surface area (TPSA) is 59.6 Å². The predicted octanol–water partition coefficient (Wildman–Crippen LogP) is 1.58. The maximum atomic E-state index is 11.3. The van der Waals surface area contributed by atoms with Crippen LogP contribution in [0.15, 0.2) is 12.1 Å². The number of nitrogens with one attached hydrogen (secondary N) is 2. The molecule has 0 atom stereocenters. The predicted molar refractivity (Wildman–Crippen MR) is 74.9 cm³/mol. The number of rotatable bonds is 7. The lowest BCUT2D eigenvalue weighted by atomic mass is 10.2. The molecule has 0 spiro atoms. The van der Waals surface area contributed by atoms with Gasteiger partial charge in [0, 0.05) is 30.2 Å². The molecule has 0 aliphatic carbocycles. The van der Waals surface area contributed by atoms with Gasteiger partial charge < -0.3 is 20.1 Å². The SMILES string of the molecule is CCNCc1cc(Cl)cc(OC)c1OCC(=O)NC. The monoisotopic (exact) mass is 286 g/mol. The molecule has 19 heavy (non-hydrogen) atoms. The molecule has 2 N–H and O–H groups in total. The van der Waals surface area contributed by atoms with Gasteiger partial charge in [-0.15, -0.1) is 0 Å². The summed E-state index contributed by atoms with van der Waals surface area (Å²) >= 11 is 6.03. The van der Waals surface area contributed by atoms with E-state index in [1.54, 1.807) is 19.2 Å². The molecule has 0 unspecified atom stereocenters. The number of hydrogen-bond acceptors (Lipinski definition) is 4. The third-order valence-corrected chi connectivity index (χ3v) is 2.73. The Kier molecular flexibility index (Phi) is 6.45. The van der Waals surface area contributed by atoms with Crippen molar-refractivity contribution in [2.45, 2.75) is 13.5 Å². The highest BCUT2D eigenvalue weighted by Crippen LogP contribution is 2.34. The molecule has 1 aromatic rings. The van der Waals surface area contributed by atoms with E-state index in [1.807, 2.05) is 6.92 Å². The molecule has 0 bridgehead atoms. The van der Waals surface area contributed by atoms with E-state index in [1.165, 1.54) is 7.11 Å². The van der Waals surface area contributed by atoms with Gasteiger partial charge in [0.2, 0.25) is 0 Å². The first kappa shape index (κ1) is 15.6. The Labute approximate surface area is 118 Å². The Balaban J connectivity index is 2.98. The van der Waals surface area contributed by atoms with Gasteiger partial charge in [0.25, 0.3) is 5.91 Å². The lowest BCUT2D eigenvalue weighted by Gasteiger charge is -2.15. The smallest absolute Gasteiger partial charge is 0.257 e. The van der Waals surface area contributed by atoms with Crippen molar-refractivity contribution >= 4 is 17.5 Å². The fraction of sp³-hybridized carbons (Fsp3) is 0.462. The lowest BCUT2D eigenvalue weighted by Crippen LogP contribution is -2.25. The van der Waals surface area contributed by atoms with E-state index in [2.05, 4.69) is 10.6 Å². The van der Waals surface area contributed by atoms with Crippen LogP contribution >= 0.6 is 11.6 Å². The molecule has 0 aromatic heterocycles. The highest BCUT2D eigenvalue weighted by atomic mass is 35.5. The minimum absolute atomic E-state index is 0.0619. The van der Waals surface area contributed by atoms with Crippen molar-refractivity contribution in [3.8, 4) is 11.5 Å². The molecular formula is C13H19ClN2O3. The van der Waals surface area contributed by atoms with E-state index in [4.69, 9.17) is 21.1 Å². The number of halogens is 1. The van der Waals surface area contributed by atoms with E-state index >= 15 is 0 Å². The molecule has 1 amide bonds. The zero-order chi connectivity index (χ0) is 14.3. The summed E-state index contributed by atoms with van der Waals surface area (Å²) in [6.45, 7) is 3.36. The van der Waals surface area contributed by atoms with Crippen LogP contribution in [0.2, 0.25) is 5.02 Å². The van der Waals surface area contributed by atoms with E-state index in [-0.39, 0.29) is 12.5 Å². The number of carbonyl (C=O) groups excluding carboxylic acids is 1. The van der Waals surface area contributed by atoms with Crippen LogP contribution < -0.4 is 20.1 Å². The van der Waals surface area contributed by atoms with E-state index in [9.17, 15) is 4.79 Å². The lowest BCUT2D eigenvalue weighted by molar-refractivity contribution is -0.122. The van der Waals surface area contributed by atoms with E-state index < -0.39 is 0 Å². The van der Waals surface area contributed by atoms with Crippen molar-refractivity contribution in [3.05, 3.63) is 22.7 Å². The van der Waals surface area contributed by atoms with E-state index in [0.29, 0.717) is 23.1 Å². The first-order chi connectivity index (χ1) is 9.12. The highest BCUT2D eigenvalue weighted by Gasteiger charge is 2.13. The van der Waals surface area contributed by atoms with Gasteiger partial charge in [-0.2, -0.15) is 0 Å². The number of amides is 1. The van der Waals surface area contributed by atoms with Gasteiger partial charge in [0.1, 0.15) is 0 Å². The first-order valence-corrected chi connectivity index (χ1v) is 6.40. The average Bonchev–Trinajstić information content (AvgIpc) is 2.42. The quantitative estimate of drug-likeness (QED) is 0.799. The molecule has 0 saturated carbocycles. The number of benzene rings is 1. The minimum atomic E-state index is -0.202. The number of carbonyl (C=O) groups is 1. The molecule has 0 fully saturated rings. The maximum absolute atomic E-state index is 11.3. The molecule has 0 radical (unpaired) electrons. The molecule has 0 aliphatic heterocycles. The molecule has 6 heteroatoms. The van der Waals surface area contributed by atoms with Gasteiger partial charge in [-0.3, -0.25) is 4.79 Å². The maximum Gasteiger partial charge on any atom is 0.257 e. The summed E-state index contributed by atoms with van der Waals surface area (Å²) in [6.07, 6.45) is 0. The Morgan fingerprint density at radius 2 is 2.16 bits per heavy atom. The number of hydrogen-bond donors (Lipinski definition) is 2. The third-order valence-electron chi connectivity index (χ3n) is 2.51. The Hall–Kier alpha value is -1.46. The second kappa shape index (κ2) is 7.86. The van der Waals surface area contributed by atoms with Gasteiger partial charge in [-0.1, -0.05) is 18.5 Å². The van der Waals surface area contributed by atoms with Crippen LogP contribution in [0.5, 0.6) is 11.5 Å². The summed E-state index contributed by atoms with van der Waals surface area (Å²) in [5.41, 5.74) is 0.857. The molecule has 106 valence electrons. The first-order valence-electron chi connectivity index (χ1n) is 6.02. The molecular weight excluding hydrogens is 268 g/mol. The van der Waals surface area contributed by atoms with Gasteiger partial charge in [-0.25, -0.2) is 0 Å². The van der Waals surface area contributed by atoms with Gasteiger partial charge in [0.05, 0.1) is 7.11 Å². The summed E-state index contributed by atoms with van der Waals surface area (Å²) in [7, 11) is 3.10. The summed E-state index contributed by atoms with van der Waals surface area (Å²) in [4.78, 5) is 11.3. The zero-order valence-corrected chi connectivity index (χ0v) is 12.1. The van der Waals surface area contributed by atoms with Crippen molar-refractivity contribution in [2.24, 2.45) is 0 Å². The Morgan fingerprint density at radius 1 is 1.42 bits per heavy atom. The second-order valence-electron chi connectivity index (χ2n) is 3.84. The Bertz CT molecular complexity index is 438. The van der Waals surface area contributed by atoms with Crippen molar-refractivity contribution in [1.82, 2.24) is 10.6 Å². The molecule has 0 saturated heterocycles. The van der Waals surface area contributed by atoms with Crippen LogP contribution in [0.1, 0.15) is 12.5 Å². The minimum Gasteiger partial charge on any atom is -0.493 e. The van der Waals surface area contributed by atoms with Crippen LogP contribution in [0, 0.1) is 0 Å². The molecule has 5 nitrogen and oxygen atoms in total. The van der Waals surface area contributed by atoms with Crippen LogP contribution in [0.4, 0.5) is 0 Å².